The van der Waals surface area contributed by atoms with Crippen molar-refractivity contribution in [1.82, 2.24) is 14.9 Å². The van der Waals surface area contributed by atoms with Gasteiger partial charge in [0.1, 0.15) is 18.2 Å². The first-order chi connectivity index (χ1) is 18.6. The molecule has 3 aromatic rings. The lowest BCUT2D eigenvalue weighted by atomic mass is 10.1. The Hall–Kier alpha value is -3.37. The van der Waals surface area contributed by atoms with Crippen LogP contribution in [0.15, 0.2) is 48.7 Å². The molecule has 10 heteroatoms. The molecule has 0 saturated carbocycles. The van der Waals surface area contributed by atoms with Gasteiger partial charge in [-0.15, -0.1) is 0 Å². The Morgan fingerprint density at radius 1 is 0.974 bits per heavy atom. The molecule has 208 valence electrons. The lowest BCUT2D eigenvalue weighted by Crippen LogP contribution is -2.42. The van der Waals surface area contributed by atoms with Crippen molar-refractivity contribution >= 4 is 38.9 Å². The number of aryl methyl sites for hydroxylation is 1. The Balaban J connectivity index is 1.25. The van der Waals surface area contributed by atoms with Crippen LogP contribution in [0.4, 0.5) is 28.8 Å². The molecule has 0 amide bonds. The highest BCUT2D eigenvalue weighted by Crippen LogP contribution is 2.37. The summed E-state index contributed by atoms with van der Waals surface area (Å²) in [6.45, 7) is 11.6. The molecular formula is C29H38N6O3S. The van der Waals surface area contributed by atoms with Gasteiger partial charge in [0.15, 0.2) is 0 Å². The number of ether oxygens (including phenoxy) is 1. The van der Waals surface area contributed by atoms with Crippen molar-refractivity contribution in [3.63, 3.8) is 0 Å². The van der Waals surface area contributed by atoms with E-state index in [1.807, 2.05) is 49.4 Å². The van der Waals surface area contributed by atoms with Crippen molar-refractivity contribution in [2.75, 3.05) is 47.7 Å². The summed E-state index contributed by atoms with van der Waals surface area (Å²) in [6.07, 6.45) is 5.03. The maximum Gasteiger partial charge on any atom is 0.240 e. The van der Waals surface area contributed by atoms with Crippen LogP contribution in [-0.4, -0.2) is 60.8 Å². The molecule has 2 aliphatic heterocycles. The smallest absolute Gasteiger partial charge is 0.240 e. The number of hydrogen-bond acceptors (Lipinski definition) is 8. The van der Waals surface area contributed by atoms with Gasteiger partial charge in [-0.3, -0.25) is 9.21 Å². The highest BCUT2D eigenvalue weighted by molar-refractivity contribution is 7.94. The van der Waals surface area contributed by atoms with Crippen LogP contribution in [-0.2, 0) is 16.4 Å². The van der Waals surface area contributed by atoms with Crippen molar-refractivity contribution in [3.8, 4) is 5.75 Å². The third kappa shape index (κ3) is 6.12. The largest absolute Gasteiger partial charge is 0.492 e. The van der Waals surface area contributed by atoms with Gasteiger partial charge < -0.3 is 15.4 Å². The van der Waals surface area contributed by atoms with Crippen LogP contribution in [0, 0.1) is 6.92 Å². The summed E-state index contributed by atoms with van der Waals surface area (Å²) in [7, 11) is -3.48. The van der Waals surface area contributed by atoms with Gasteiger partial charge in [-0.05, 0) is 102 Å². The first-order valence-corrected chi connectivity index (χ1v) is 15.0. The maximum absolute atomic E-state index is 13.2. The Morgan fingerprint density at radius 3 is 2.41 bits per heavy atom. The van der Waals surface area contributed by atoms with E-state index in [0.29, 0.717) is 31.3 Å². The molecule has 1 saturated heterocycles. The van der Waals surface area contributed by atoms with Crippen molar-refractivity contribution in [3.05, 3.63) is 59.8 Å². The molecule has 0 bridgehead atoms. The first kappa shape index (κ1) is 27.2. The van der Waals surface area contributed by atoms with E-state index in [9.17, 15) is 8.42 Å². The molecule has 0 radical (unpaired) electrons. The number of hydrogen-bond donors (Lipinski definition) is 2. The summed E-state index contributed by atoms with van der Waals surface area (Å²) in [5.74, 6) is 1.95. The van der Waals surface area contributed by atoms with E-state index >= 15 is 0 Å². The molecule has 3 heterocycles. The normalized spacial score (nSPS) is 15.8. The third-order valence-electron chi connectivity index (χ3n) is 7.22. The second-order valence-corrected chi connectivity index (χ2v) is 13.8. The van der Waals surface area contributed by atoms with Crippen LogP contribution < -0.4 is 19.7 Å². The maximum atomic E-state index is 13.2. The van der Waals surface area contributed by atoms with Gasteiger partial charge in [0.2, 0.25) is 16.0 Å². The number of nitrogens with one attached hydrogen (secondary N) is 2. The molecule has 1 fully saturated rings. The van der Waals surface area contributed by atoms with Crippen LogP contribution in [0.2, 0.25) is 0 Å². The average molecular weight is 551 g/mol. The second-order valence-electron chi connectivity index (χ2n) is 11.2. The predicted molar refractivity (Wildman–Crippen MR) is 157 cm³/mol. The van der Waals surface area contributed by atoms with Gasteiger partial charge in [0.05, 0.1) is 10.4 Å². The molecule has 2 N–H and O–H groups in total. The molecule has 9 nitrogen and oxygen atoms in total. The summed E-state index contributed by atoms with van der Waals surface area (Å²) < 4.78 is 32.9. The van der Waals surface area contributed by atoms with E-state index in [1.54, 1.807) is 27.0 Å². The molecule has 0 spiro atoms. The zero-order valence-electron chi connectivity index (χ0n) is 23.2. The molecule has 1 aromatic heterocycles. The molecule has 39 heavy (non-hydrogen) atoms. The molecule has 2 aromatic carbocycles. The Bertz CT molecular complexity index is 1410. The Morgan fingerprint density at radius 2 is 1.69 bits per heavy atom. The number of aromatic nitrogens is 2. The minimum absolute atomic E-state index is 0.460. The minimum atomic E-state index is -3.48. The quantitative estimate of drug-likeness (QED) is 0.373. The molecule has 0 unspecified atom stereocenters. The molecule has 0 aliphatic carbocycles. The zero-order valence-corrected chi connectivity index (χ0v) is 24.0. The molecule has 2 aliphatic rings. The number of nitrogens with zero attached hydrogens (tertiary/aromatic N) is 4. The first-order valence-electron chi connectivity index (χ1n) is 13.6. The summed E-state index contributed by atoms with van der Waals surface area (Å²) in [4.78, 5) is 11.5. The van der Waals surface area contributed by atoms with E-state index in [-0.39, 0.29) is 0 Å². The number of likely N-dealkylation sites (tertiary alicyclic amines) is 1. The molecule has 5 rings (SSSR count). The summed E-state index contributed by atoms with van der Waals surface area (Å²) >= 11 is 0. The van der Waals surface area contributed by atoms with E-state index in [2.05, 4.69) is 25.5 Å². The Kier molecular flexibility index (Phi) is 7.68. The summed E-state index contributed by atoms with van der Waals surface area (Å²) in [5.41, 5.74) is 4.26. The lowest BCUT2D eigenvalue weighted by molar-refractivity contribution is 0.238. The summed E-state index contributed by atoms with van der Waals surface area (Å²) in [6, 6.07) is 13.6. The van der Waals surface area contributed by atoms with E-state index in [4.69, 9.17) is 4.74 Å². The van der Waals surface area contributed by atoms with Crippen LogP contribution in [0.5, 0.6) is 5.75 Å². The number of rotatable bonds is 9. The van der Waals surface area contributed by atoms with E-state index in [1.165, 1.54) is 30.2 Å². The van der Waals surface area contributed by atoms with Gasteiger partial charge >= 0.3 is 0 Å². The number of anilines is 5. The highest BCUT2D eigenvalue weighted by Gasteiger charge is 2.38. The predicted octanol–water partition coefficient (Wildman–Crippen LogP) is 5.24. The van der Waals surface area contributed by atoms with E-state index in [0.717, 1.165) is 40.5 Å². The SMILES string of the molecule is Cc1cnc(Nc2ccc(OCCN3CCCC3)cc2)nc1Nc1ccc2c(c1)N(S(=O)(=O)C(C)(C)C)CC2. The highest BCUT2D eigenvalue weighted by atomic mass is 32.2. The standard InChI is InChI=1S/C29H38N6O3S/c1-21-20-30-28(32-23-9-11-25(12-10-23)38-18-17-34-14-5-6-15-34)33-27(21)31-24-8-7-22-13-16-35(26(22)19-24)39(36,37)29(2,3)4/h7-12,19-20H,5-6,13-18H2,1-4H3,(H2,30,31,32,33). The summed E-state index contributed by atoms with van der Waals surface area (Å²) in [5, 5.41) is 6.61. The van der Waals surface area contributed by atoms with Gasteiger partial charge in [-0.1, -0.05) is 6.07 Å². The van der Waals surface area contributed by atoms with Crippen molar-refractivity contribution in [2.45, 2.75) is 51.7 Å². The van der Waals surface area contributed by atoms with Gasteiger partial charge in [0.25, 0.3) is 0 Å². The van der Waals surface area contributed by atoms with Crippen molar-refractivity contribution < 1.29 is 13.2 Å². The molecule has 0 atom stereocenters. The number of sulfonamides is 1. The zero-order chi connectivity index (χ0) is 27.6. The third-order valence-corrected chi connectivity index (χ3v) is 9.73. The second kappa shape index (κ2) is 11.0. The fourth-order valence-corrected chi connectivity index (χ4v) is 6.26. The van der Waals surface area contributed by atoms with Gasteiger partial charge in [-0.2, -0.15) is 4.98 Å². The van der Waals surface area contributed by atoms with E-state index < -0.39 is 14.8 Å². The van der Waals surface area contributed by atoms with Crippen molar-refractivity contribution in [2.24, 2.45) is 0 Å². The number of fused-ring (bicyclic) bond motifs is 1. The lowest BCUT2D eigenvalue weighted by Gasteiger charge is -2.28. The fourth-order valence-electron chi connectivity index (χ4n) is 4.84. The minimum Gasteiger partial charge on any atom is -0.492 e. The van der Waals surface area contributed by atoms with Crippen LogP contribution >= 0.6 is 0 Å². The average Bonchev–Trinajstić information content (AvgIpc) is 3.56. The van der Waals surface area contributed by atoms with Gasteiger partial charge in [-0.25, -0.2) is 13.4 Å². The van der Waals surface area contributed by atoms with Crippen LogP contribution in [0.1, 0.15) is 44.7 Å². The topological polar surface area (TPSA) is 99.7 Å². The Labute approximate surface area is 231 Å². The monoisotopic (exact) mass is 550 g/mol. The number of benzene rings is 2. The van der Waals surface area contributed by atoms with Crippen LogP contribution in [0.25, 0.3) is 0 Å². The van der Waals surface area contributed by atoms with Crippen molar-refractivity contribution in [1.29, 1.82) is 0 Å². The van der Waals surface area contributed by atoms with Gasteiger partial charge in [0, 0.05) is 36.2 Å². The molecular weight excluding hydrogens is 512 g/mol. The fraction of sp³-hybridized carbons (Fsp3) is 0.448. The van der Waals surface area contributed by atoms with Crippen LogP contribution in [0.3, 0.4) is 0 Å².